The number of carboxylic acids is 1. The number of nitro benzene ring substituents is 1. The highest BCUT2D eigenvalue weighted by atomic mass is 16.6. The third kappa shape index (κ3) is 2.62. The zero-order valence-corrected chi connectivity index (χ0v) is 13.1. The Morgan fingerprint density at radius 3 is 2.58 bits per heavy atom. The first kappa shape index (κ1) is 15.7. The van der Waals surface area contributed by atoms with E-state index in [0.717, 1.165) is 0 Å². The molecule has 0 aliphatic carbocycles. The van der Waals surface area contributed by atoms with Crippen molar-refractivity contribution in [1.29, 1.82) is 0 Å². The Morgan fingerprint density at radius 2 is 1.92 bits per heavy atom. The number of ether oxygens (including phenoxy) is 1. The van der Waals surface area contributed by atoms with E-state index in [1.165, 1.54) is 18.2 Å². The molecular weight excluding hydrogens is 310 g/mol. The Kier molecular flexibility index (Phi) is 3.60. The van der Waals surface area contributed by atoms with Crippen LogP contribution in [-0.4, -0.2) is 21.6 Å². The summed E-state index contributed by atoms with van der Waals surface area (Å²) < 4.78 is 5.88. The summed E-state index contributed by atoms with van der Waals surface area (Å²) in [5.41, 5.74) is 0.318. The van der Waals surface area contributed by atoms with Gasteiger partial charge in [0, 0.05) is 17.2 Å². The van der Waals surface area contributed by atoms with Gasteiger partial charge in [-0.3, -0.25) is 10.1 Å². The van der Waals surface area contributed by atoms with Crippen LogP contribution in [0.3, 0.4) is 0 Å². The Balaban J connectivity index is 2.32. The Bertz CT molecular complexity index is 851. The molecule has 0 unspecified atom stereocenters. The molecule has 0 fully saturated rings. The molecule has 2 aromatic rings. The van der Waals surface area contributed by atoms with Crippen LogP contribution < -0.4 is 4.74 Å². The molecule has 1 heterocycles. The second-order valence-corrected chi connectivity index (χ2v) is 6.02. The smallest absolute Gasteiger partial charge is 0.336 e. The second kappa shape index (κ2) is 5.49. The Labute approximate surface area is 138 Å². The Hall–Kier alpha value is -3.15. The molecule has 0 spiro atoms. The van der Waals surface area contributed by atoms with E-state index in [2.05, 4.69) is 0 Å². The molecule has 0 bridgehead atoms. The van der Waals surface area contributed by atoms with Gasteiger partial charge in [0.25, 0.3) is 5.69 Å². The zero-order chi connectivity index (χ0) is 17.5. The summed E-state index contributed by atoms with van der Waals surface area (Å²) in [4.78, 5) is 22.4. The summed E-state index contributed by atoms with van der Waals surface area (Å²) in [6, 6.07) is 9.17. The minimum absolute atomic E-state index is 0.0832. The topological polar surface area (TPSA) is 89.7 Å². The highest BCUT2D eigenvalue weighted by Gasteiger charge is 2.28. The van der Waals surface area contributed by atoms with Crippen LogP contribution >= 0.6 is 0 Å². The van der Waals surface area contributed by atoms with E-state index in [0.29, 0.717) is 16.9 Å². The molecule has 0 radical (unpaired) electrons. The number of hydrogen-bond donors (Lipinski definition) is 1. The fraction of sp³-hybridized carbons (Fsp3) is 0.167. The van der Waals surface area contributed by atoms with E-state index in [1.807, 2.05) is 26.0 Å². The molecular formula is C18H15NO5. The van der Waals surface area contributed by atoms with Crippen molar-refractivity contribution in [2.45, 2.75) is 19.4 Å². The van der Waals surface area contributed by atoms with Crippen LogP contribution in [0.15, 0.2) is 42.5 Å². The highest BCUT2D eigenvalue weighted by Crippen LogP contribution is 2.42. The first-order chi connectivity index (χ1) is 11.3. The van der Waals surface area contributed by atoms with Crippen LogP contribution in [-0.2, 0) is 0 Å². The molecule has 1 aliphatic rings. The minimum atomic E-state index is -1.22. The maximum Gasteiger partial charge on any atom is 0.336 e. The zero-order valence-electron chi connectivity index (χ0n) is 13.1. The first-order valence-electron chi connectivity index (χ1n) is 7.32. The van der Waals surface area contributed by atoms with Gasteiger partial charge in [-0.25, -0.2) is 4.79 Å². The van der Waals surface area contributed by atoms with Crippen LogP contribution in [0.2, 0.25) is 0 Å². The SMILES string of the molecule is CC1(C)C=Cc2c(cccc2-c2c(C(=O)O)cccc2[N+](=O)[O-])O1. The number of benzene rings is 2. The molecule has 0 saturated carbocycles. The fourth-order valence-corrected chi connectivity index (χ4v) is 2.78. The number of nitro groups is 1. The minimum Gasteiger partial charge on any atom is -0.483 e. The van der Waals surface area contributed by atoms with Gasteiger partial charge >= 0.3 is 5.97 Å². The van der Waals surface area contributed by atoms with Crippen LogP contribution in [0.25, 0.3) is 17.2 Å². The summed E-state index contributed by atoms with van der Waals surface area (Å²) in [6.07, 6.45) is 3.66. The molecule has 6 nitrogen and oxygen atoms in total. The van der Waals surface area contributed by atoms with E-state index in [-0.39, 0.29) is 16.8 Å². The van der Waals surface area contributed by atoms with Gasteiger partial charge in [-0.1, -0.05) is 24.3 Å². The van der Waals surface area contributed by atoms with Crippen LogP contribution in [0.4, 0.5) is 5.69 Å². The molecule has 0 aromatic heterocycles. The van der Waals surface area contributed by atoms with E-state index in [9.17, 15) is 20.0 Å². The molecule has 1 aliphatic heterocycles. The summed E-state index contributed by atoms with van der Waals surface area (Å²) >= 11 is 0. The normalized spacial score (nSPS) is 14.6. The lowest BCUT2D eigenvalue weighted by Gasteiger charge is -2.29. The van der Waals surface area contributed by atoms with Crippen molar-refractivity contribution in [3.05, 3.63) is 63.7 Å². The summed E-state index contributed by atoms with van der Waals surface area (Å²) in [5.74, 6) is -0.651. The molecule has 0 amide bonds. The van der Waals surface area contributed by atoms with Crippen molar-refractivity contribution >= 4 is 17.7 Å². The monoisotopic (exact) mass is 325 g/mol. The van der Waals surface area contributed by atoms with Crippen molar-refractivity contribution in [2.24, 2.45) is 0 Å². The van der Waals surface area contributed by atoms with Gasteiger partial charge in [0.1, 0.15) is 11.4 Å². The average molecular weight is 325 g/mol. The molecule has 3 rings (SSSR count). The number of hydrogen-bond acceptors (Lipinski definition) is 4. The number of nitrogens with zero attached hydrogens (tertiary/aromatic N) is 1. The van der Waals surface area contributed by atoms with Crippen LogP contribution in [0.1, 0.15) is 29.8 Å². The van der Waals surface area contributed by atoms with Crippen molar-refractivity contribution < 1.29 is 19.6 Å². The number of carbonyl (C=O) groups is 1. The lowest BCUT2D eigenvalue weighted by atomic mass is 9.91. The second-order valence-electron chi connectivity index (χ2n) is 6.02. The molecule has 24 heavy (non-hydrogen) atoms. The third-order valence-corrected chi connectivity index (χ3v) is 3.83. The number of fused-ring (bicyclic) bond motifs is 1. The molecule has 0 atom stereocenters. The van der Waals surface area contributed by atoms with Crippen molar-refractivity contribution in [1.82, 2.24) is 0 Å². The summed E-state index contributed by atoms with van der Waals surface area (Å²) in [5, 5.41) is 20.9. The van der Waals surface area contributed by atoms with Gasteiger partial charge in [0.05, 0.1) is 16.1 Å². The highest BCUT2D eigenvalue weighted by molar-refractivity contribution is 6.01. The van der Waals surface area contributed by atoms with Crippen molar-refractivity contribution in [3.63, 3.8) is 0 Å². The van der Waals surface area contributed by atoms with Gasteiger partial charge < -0.3 is 9.84 Å². The quantitative estimate of drug-likeness (QED) is 0.676. The third-order valence-electron chi connectivity index (χ3n) is 3.83. The first-order valence-corrected chi connectivity index (χ1v) is 7.32. The average Bonchev–Trinajstić information content (AvgIpc) is 2.52. The van der Waals surface area contributed by atoms with E-state index in [4.69, 9.17) is 4.74 Å². The van der Waals surface area contributed by atoms with Gasteiger partial charge in [0.15, 0.2) is 0 Å². The molecule has 1 N–H and O–H groups in total. The van der Waals surface area contributed by atoms with E-state index in [1.54, 1.807) is 18.2 Å². The predicted molar refractivity (Wildman–Crippen MR) is 89.2 cm³/mol. The number of carboxylic acid groups (broad SMARTS) is 1. The van der Waals surface area contributed by atoms with E-state index >= 15 is 0 Å². The maximum absolute atomic E-state index is 11.6. The van der Waals surface area contributed by atoms with Gasteiger partial charge in [-0.2, -0.15) is 0 Å². The van der Waals surface area contributed by atoms with Crippen LogP contribution in [0.5, 0.6) is 5.75 Å². The summed E-state index contributed by atoms with van der Waals surface area (Å²) in [7, 11) is 0. The lowest BCUT2D eigenvalue weighted by Crippen LogP contribution is -2.27. The van der Waals surface area contributed by atoms with Gasteiger partial charge in [-0.05, 0) is 32.1 Å². The molecule has 122 valence electrons. The fourth-order valence-electron chi connectivity index (χ4n) is 2.78. The lowest BCUT2D eigenvalue weighted by molar-refractivity contribution is -0.384. The largest absolute Gasteiger partial charge is 0.483 e. The standard InChI is InChI=1S/C18H15NO5/c1-18(2)10-9-11-12(5-4-8-15(11)24-18)16-13(17(20)21)6-3-7-14(16)19(22)23/h3-10H,1-2H3,(H,20,21). The molecule has 0 saturated heterocycles. The predicted octanol–water partition coefficient (Wildman–Crippen LogP) is 4.14. The van der Waals surface area contributed by atoms with Gasteiger partial charge in [0.2, 0.25) is 0 Å². The number of aromatic carboxylic acids is 1. The maximum atomic E-state index is 11.6. The molecule has 6 heteroatoms. The van der Waals surface area contributed by atoms with Crippen molar-refractivity contribution in [3.8, 4) is 16.9 Å². The number of rotatable bonds is 3. The van der Waals surface area contributed by atoms with Crippen LogP contribution in [0, 0.1) is 10.1 Å². The summed E-state index contributed by atoms with van der Waals surface area (Å²) in [6.45, 7) is 3.79. The Morgan fingerprint density at radius 1 is 1.21 bits per heavy atom. The van der Waals surface area contributed by atoms with E-state index < -0.39 is 16.5 Å². The van der Waals surface area contributed by atoms with Crippen molar-refractivity contribution in [2.75, 3.05) is 0 Å². The molecule has 2 aromatic carbocycles. The van der Waals surface area contributed by atoms with Gasteiger partial charge in [-0.15, -0.1) is 0 Å².